The number of fused-ring (bicyclic) bond motifs is 2. The molecule has 0 radical (unpaired) electrons. The molecule has 1 atom stereocenters. The van der Waals surface area contributed by atoms with E-state index in [0.29, 0.717) is 12.4 Å². The first-order valence-corrected chi connectivity index (χ1v) is 6.55. The van der Waals surface area contributed by atoms with Crippen LogP contribution in [0.3, 0.4) is 0 Å². The van der Waals surface area contributed by atoms with Crippen molar-refractivity contribution in [3.8, 4) is 0 Å². The highest BCUT2D eigenvalue weighted by molar-refractivity contribution is 6.06. The minimum absolute atomic E-state index is 0.255. The lowest BCUT2D eigenvalue weighted by atomic mass is 9.75. The molecule has 2 amide bonds. The van der Waals surface area contributed by atoms with E-state index in [1.54, 1.807) is 11.0 Å². The van der Waals surface area contributed by atoms with Gasteiger partial charge in [0.1, 0.15) is 11.4 Å². The number of amidine groups is 1. The third-order valence-corrected chi connectivity index (χ3v) is 4.09. The Morgan fingerprint density at radius 2 is 2.26 bits per heavy atom. The van der Waals surface area contributed by atoms with E-state index in [4.69, 9.17) is 5.73 Å². The van der Waals surface area contributed by atoms with Crippen LogP contribution in [0.15, 0.2) is 41.9 Å². The van der Waals surface area contributed by atoms with E-state index in [1.807, 2.05) is 12.1 Å². The number of benzene rings is 1. The SMILES string of the molecule is C=CCN1C(=O)N=C(N)C12CCCc1ccccc12. The van der Waals surface area contributed by atoms with Gasteiger partial charge in [-0.3, -0.25) is 0 Å². The quantitative estimate of drug-likeness (QED) is 0.823. The van der Waals surface area contributed by atoms with E-state index >= 15 is 0 Å². The molecule has 1 aromatic carbocycles. The van der Waals surface area contributed by atoms with Crippen LogP contribution in [-0.4, -0.2) is 23.3 Å². The van der Waals surface area contributed by atoms with Crippen LogP contribution in [0.4, 0.5) is 4.79 Å². The lowest BCUT2D eigenvalue weighted by Gasteiger charge is -2.42. The van der Waals surface area contributed by atoms with Gasteiger partial charge in [-0.05, 0) is 30.4 Å². The van der Waals surface area contributed by atoms with Crippen molar-refractivity contribution in [1.82, 2.24) is 4.90 Å². The van der Waals surface area contributed by atoms with Gasteiger partial charge in [0, 0.05) is 6.54 Å². The summed E-state index contributed by atoms with van der Waals surface area (Å²) in [5.41, 5.74) is 7.95. The second-order valence-electron chi connectivity index (χ2n) is 5.05. The topological polar surface area (TPSA) is 58.7 Å². The minimum atomic E-state index is -0.555. The molecule has 3 rings (SSSR count). The second kappa shape index (κ2) is 4.23. The number of urea groups is 1. The molecule has 1 spiro atoms. The number of nitrogens with two attached hydrogens (primary N) is 1. The van der Waals surface area contributed by atoms with Gasteiger partial charge in [0.25, 0.3) is 0 Å². The molecule has 1 aliphatic heterocycles. The second-order valence-corrected chi connectivity index (χ2v) is 5.05. The Labute approximate surface area is 112 Å². The maximum atomic E-state index is 12.1. The summed E-state index contributed by atoms with van der Waals surface area (Å²) < 4.78 is 0. The highest BCUT2D eigenvalue weighted by atomic mass is 16.2. The van der Waals surface area contributed by atoms with Gasteiger partial charge in [-0.1, -0.05) is 30.3 Å². The Balaban J connectivity index is 2.19. The van der Waals surface area contributed by atoms with E-state index in [9.17, 15) is 4.79 Å². The van der Waals surface area contributed by atoms with Gasteiger partial charge in [-0.25, -0.2) is 4.79 Å². The largest absolute Gasteiger partial charge is 0.385 e. The Kier molecular flexibility index (Phi) is 2.66. The molecule has 2 N–H and O–H groups in total. The molecule has 98 valence electrons. The third-order valence-electron chi connectivity index (χ3n) is 4.09. The maximum absolute atomic E-state index is 12.1. The molecule has 0 fully saturated rings. The summed E-state index contributed by atoms with van der Waals surface area (Å²) in [5.74, 6) is 0.423. The van der Waals surface area contributed by atoms with Crippen molar-refractivity contribution < 1.29 is 4.79 Å². The molecule has 0 saturated heterocycles. The van der Waals surface area contributed by atoms with Crippen molar-refractivity contribution in [2.24, 2.45) is 10.7 Å². The predicted molar refractivity (Wildman–Crippen MR) is 75.0 cm³/mol. The molecule has 1 unspecified atom stereocenters. The van der Waals surface area contributed by atoms with Gasteiger partial charge < -0.3 is 10.6 Å². The minimum Gasteiger partial charge on any atom is -0.385 e. The van der Waals surface area contributed by atoms with Gasteiger partial charge in [-0.2, -0.15) is 4.99 Å². The Morgan fingerprint density at radius 3 is 3.05 bits per heavy atom. The number of rotatable bonds is 2. The Bertz CT molecular complexity index is 579. The average molecular weight is 255 g/mol. The molecule has 4 nitrogen and oxygen atoms in total. The summed E-state index contributed by atoms with van der Waals surface area (Å²) in [6.45, 7) is 4.20. The molecule has 0 aromatic heterocycles. The van der Waals surface area contributed by atoms with Crippen molar-refractivity contribution in [3.63, 3.8) is 0 Å². The van der Waals surface area contributed by atoms with Gasteiger partial charge in [0.15, 0.2) is 0 Å². The zero-order valence-corrected chi connectivity index (χ0v) is 10.8. The summed E-state index contributed by atoms with van der Waals surface area (Å²) in [5, 5.41) is 0. The first kappa shape index (κ1) is 12.0. The van der Waals surface area contributed by atoms with Crippen LogP contribution in [0, 0.1) is 0 Å². The molecule has 1 aliphatic carbocycles. The average Bonchev–Trinajstić information content (AvgIpc) is 2.65. The third kappa shape index (κ3) is 1.52. The number of amides is 2. The fourth-order valence-corrected chi connectivity index (χ4v) is 3.28. The Morgan fingerprint density at radius 1 is 1.47 bits per heavy atom. The van der Waals surface area contributed by atoms with E-state index < -0.39 is 5.54 Å². The van der Waals surface area contributed by atoms with Gasteiger partial charge in [-0.15, -0.1) is 6.58 Å². The van der Waals surface area contributed by atoms with Crippen molar-refractivity contribution in [3.05, 3.63) is 48.0 Å². The monoisotopic (exact) mass is 255 g/mol. The van der Waals surface area contributed by atoms with Crippen LogP contribution in [0.2, 0.25) is 0 Å². The van der Waals surface area contributed by atoms with Crippen LogP contribution in [0.5, 0.6) is 0 Å². The fourth-order valence-electron chi connectivity index (χ4n) is 3.28. The molecule has 4 heteroatoms. The first-order valence-electron chi connectivity index (χ1n) is 6.55. The normalized spacial score (nSPS) is 25.4. The van der Waals surface area contributed by atoms with Crippen molar-refractivity contribution in [2.75, 3.05) is 6.54 Å². The van der Waals surface area contributed by atoms with Crippen molar-refractivity contribution in [1.29, 1.82) is 0 Å². The zero-order chi connectivity index (χ0) is 13.5. The number of carbonyl (C=O) groups is 1. The summed E-state index contributed by atoms with van der Waals surface area (Å²) in [7, 11) is 0. The molecular formula is C15H17N3O. The zero-order valence-electron chi connectivity index (χ0n) is 10.8. The number of hydrogen-bond donors (Lipinski definition) is 1. The van der Waals surface area contributed by atoms with Crippen molar-refractivity contribution >= 4 is 11.9 Å². The summed E-state index contributed by atoms with van der Waals surface area (Å²) in [4.78, 5) is 17.8. The van der Waals surface area contributed by atoms with Crippen LogP contribution in [0.25, 0.3) is 0 Å². The van der Waals surface area contributed by atoms with Gasteiger partial charge >= 0.3 is 6.03 Å². The smallest absolute Gasteiger partial charge is 0.346 e. The lowest BCUT2D eigenvalue weighted by Crippen LogP contribution is -2.53. The standard InChI is InChI=1S/C15H17N3O/c1-2-10-18-14(19)17-13(16)15(18)9-5-7-11-6-3-4-8-12(11)15/h2-4,6,8H,1,5,7,9-10H2,(H2,16,17,19). The van der Waals surface area contributed by atoms with Crippen molar-refractivity contribution in [2.45, 2.75) is 24.8 Å². The number of aliphatic imine (C=N–C) groups is 1. The number of aryl methyl sites for hydroxylation is 1. The van der Waals surface area contributed by atoms with E-state index in [1.165, 1.54) is 5.56 Å². The van der Waals surface area contributed by atoms with E-state index in [-0.39, 0.29) is 6.03 Å². The Hall–Kier alpha value is -2.10. The highest BCUT2D eigenvalue weighted by Crippen LogP contribution is 2.43. The molecule has 1 aromatic rings. The number of nitrogens with zero attached hydrogens (tertiary/aromatic N) is 2. The van der Waals surface area contributed by atoms with Crippen LogP contribution in [-0.2, 0) is 12.0 Å². The van der Waals surface area contributed by atoms with Crippen LogP contribution in [0.1, 0.15) is 24.0 Å². The summed E-state index contributed by atoms with van der Waals surface area (Å²) in [6, 6.07) is 7.94. The van der Waals surface area contributed by atoms with E-state index in [0.717, 1.165) is 24.8 Å². The fraction of sp³-hybridized carbons (Fsp3) is 0.333. The first-order chi connectivity index (χ1) is 9.20. The van der Waals surface area contributed by atoms with Gasteiger partial charge in [0.2, 0.25) is 0 Å². The molecule has 0 saturated carbocycles. The number of hydrogen-bond acceptors (Lipinski definition) is 2. The highest BCUT2D eigenvalue weighted by Gasteiger charge is 2.51. The summed E-state index contributed by atoms with van der Waals surface area (Å²) in [6.07, 6.45) is 4.60. The molecular weight excluding hydrogens is 238 g/mol. The lowest BCUT2D eigenvalue weighted by molar-refractivity contribution is 0.169. The summed E-state index contributed by atoms with van der Waals surface area (Å²) >= 11 is 0. The maximum Gasteiger partial charge on any atom is 0.346 e. The van der Waals surface area contributed by atoms with Crippen LogP contribution >= 0.6 is 0 Å². The molecule has 2 aliphatic rings. The van der Waals surface area contributed by atoms with Crippen LogP contribution < -0.4 is 5.73 Å². The molecule has 1 heterocycles. The number of carbonyl (C=O) groups excluding carboxylic acids is 1. The molecule has 19 heavy (non-hydrogen) atoms. The predicted octanol–water partition coefficient (Wildman–Crippen LogP) is 2.20. The molecule has 0 bridgehead atoms. The van der Waals surface area contributed by atoms with E-state index in [2.05, 4.69) is 23.7 Å². The van der Waals surface area contributed by atoms with Gasteiger partial charge in [0.05, 0.1) is 0 Å².